The average molecular weight is 376 g/mol. The van der Waals surface area contributed by atoms with Crippen molar-refractivity contribution in [2.75, 3.05) is 18.4 Å². The van der Waals surface area contributed by atoms with Gasteiger partial charge in [-0.05, 0) is 43.2 Å². The van der Waals surface area contributed by atoms with Crippen molar-refractivity contribution in [2.45, 2.75) is 26.7 Å². The molecule has 0 radical (unpaired) electrons. The summed E-state index contributed by atoms with van der Waals surface area (Å²) < 4.78 is 1.00. The number of amides is 1. The Morgan fingerprint density at radius 1 is 1.17 bits per heavy atom. The summed E-state index contributed by atoms with van der Waals surface area (Å²) in [7, 11) is 0. The van der Waals surface area contributed by atoms with E-state index >= 15 is 0 Å². The third-order valence-electron chi connectivity index (χ3n) is 3.38. The molecule has 0 bridgehead atoms. The molecule has 0 fully saturated rings. The number of pyridine rings is 1. The zero-order valence-corrected chi connectivity index (χ0v) is 15.1. The van der Waals surface area contributed by atoms with Gasteiger partial charge in [0.05, 0.1) is 5.56 Å². The van der Waals surface area contributed by atoms with Gasteiger partial charge in [0.25, 0.3) is 5.91 Å². The van der Waals surface area contributed by atoms with Gasteiger partial charge in [0.2, 0.25) is 0 Å². The molecule has 122 valence electrons. The molecule has 1 amide bonds. The molecular weight excluding hydrogens is 354 g/mol. The van der Waals surface area contributed by atoms with Crippen LogP contribution in [-0.4, -0.2) is 28.9 Å². The Hall–Kier alpha value is -1.88. The van der Waals surface area contributed by atoms with Crippen LogP contribution >= 0.6 is 15.9 Å². The number of nitrogens with one attached hydrogen (secondary N) is 1. The first-order valence-electron chi connectivity index (χ1n) is 7.92. The van der Waals surface area contributed by atoms with Gasteiger partial charge in [0.1, 0.15) is 5.82 Å². The summed E-state index contributed by atoms with van der Waals surface area (Å²) in [4.78, 5) is 18.7. The summed E-state index contributed by atoms with van der Waals surface area (Å²) in [6.45, 7) is 5.73. The summed E-state index contributed by atoms with van der Waals surface area (Å²) in [6.07, 6.45) is 3.56. The zero-order valence-electron chi connectivity index (χ0n) is 13.6. The third-order valence-corrected chi connectivity index (χ3v) is 3.87. The quantitative estimate of drug-likeness (QED) is 0.751. The van der Waals surface area contributed by atoms with Crippen LogP contribution < -0.4 is 5.32 Å². The molecule has 2 aromatic rings. The molecule has 23 heavy (non-hydrogen) atoms. The Balaban J connectivity index is 2.07. The molecule has 0 aliphatic heterocycles. The molecule has 0 aliphatic carbocycles. The Kier molecular flexibility index (Phi) is 6.59. The standard InChI is InChI=1S/C18H22BrN3O/c1-3-10-22(11-4-2)18(23)14-8-9-17(20-13-14)21-16-7-5-6-15(19)12-16/h5-9,12-13H,3-4,10-11H2,1-2H3,(H,20,21). The molecule has 2 rings (SSSR count). The fourth-order valence-electron chi connectivity index (χ4n) is 2.35. The van der Waals surface area contributed by atoms with E-state index in [1.807, 2.05) is 41.3 Å². The van der Waals surface area contributed by atoms with Crippen LogP contribution in [0.5, 0.6) is 0 Å². The van der Waals surface area contributed by atoms with Gasteiger partial charge < -0.3 is 10.2 Å². The smallest absolute Gasteiger partial charge is 0.255 e. The summed E-state index contributed by atoms with van der Waals surface area (Å²) in [5, 5.41) is 3.22. The van der Waals surface area contributed by atoms with E-state index in [1.165, 1.54) is 0 Å². The normalized spacial score (nSPS) is 10.4. The van der Waals surface area contributed by atoms with Crippen molar-refractivity contribution in [1.29, 1.82) is 0 Å². The summed E-state index contributed by atoms with van der Waals surface area (Å²) in [5.74, 6) is 0.771. The van der Waals surface area contributed by atoms with Crippen molar-refractivity contribution in [3.63, 3.8) is 0 Å². The number of hydrogen-bond acceptors (Lipinski definition) is 3. The van der Waals surface area contributed by atoms with Gasteiger partial charge in [-0.25, -0.2) is 4.98 Å². The molecule has 0 saturated heterocycles. The number of carbonyl (C=O) groups excluding carboxylic acids is 1. The van der Waals surface area contributed by atoms with Crippen LogP contribution in [-0.2, 0) is 0 Å². The van der Waals surface area contributed by atoms with Gasteiger partial charge >= 0.3 is 0 Å². The second-order valence-corrected chi connectivity index (χ2v) is 6.28. The van der Waals surface area contributed by atoms with Crippen molar-refractivity contribution >= 4 is 33.3 Å². The maximum atomic E-state index is 12.5. The monoisotopic (exact) mass is 375 g/mol. The van der Waals surface area contributed by atoms with Gasteiger partial charge in [-0.15, -0.1) is 0 Å². The van der Waals surface area contributed by atoms with E-state index in [4.69, 9.17) is 0 Å². The van der Waals surface area contributed by atoms with E-state index in [0.717, 1.165) is 41.9 Å². The lowest BCUT2D eigenvalue weighted by Crippen LogP contribution is -2.32. The largest absolute Gasteiger partial charge is 0.340 e. The van der Waals surface area contributed by atoms with Gasteiger partial charge in [0, 0.05) is 29.4 Å². The number of carbonyl (C=O) groups is 1. The van der Waals surface area contributed by atoms with Crippen LogP contribution in [0.2, 0.25) is 0 Å². The molecule has 5 heteroatoms. The van der Waals surface area contributed by atoms with Crippen LogP contribution in [0.3, 0.4) is 0 Å². The molecule has 1 aromatic heterocycles. The lowest BCUT2D eigenvalue weighted by molar-refractivity contribution is 0.0755. The first-order valence-corrected chi connectivity index (χ1v) is 8.71. The predicted molar refractivity (Wildman–Crippen MR) is 98.1 cm³/mol. The number of halogens is 1. The minimum atomic E-state index is 0.0511. The molecule has 1 N–H and O–H groups in total. The van der Waals surface area contributed by atoms with Crippen molar-refractivity contribution in [2.24, 2.45) is 0 Å². The van der Waals surface area contributed by atoms with Crippen LogP contribution in [0.15, 0.2) is 47.1 Å². The van der Waals surface area contributed by atoms with Gasteiger partial charge in [-0.2, -0.15) is 0 Å². The van der Waals surface area contributed by atoms with E-state index in [9.17, 15) is 4.79 Å². The van der Waals surface area contributed by atoms with Crippen LogP contribution in [0, 0.1) is 0 Å². The highest BCUT2D eigenvalue weighted by Gasteiger charge is 2.14. The fraction of sp³-hybridized carbons (Fsp3) is 0.333. The number of hydrogen-bond donors (Lipinski definition) is 1. The molecule has 1 aromatic carbocycles. The van der Waals surface area contributed by atoms with E-state index in [-0.39, 0.29) is 5.91 Å². The predicted octanol–water partition coefficient (Wildman–Crippen LogP) is 4.85. The van der Waals surface area contributed by atoms with Gasteiger partial charge in [-0.1, -0.05) is 35.8 Å². The van der Waals surface area contributed by atoms with Crippen molar-refractivity contribution in [3.05, 3.63) is 52.6 Å². The number of anilines is 2. The molecule has 0 spiro atoms. The van der Waals surface area contributed by atoms with Gasteiger partial charge in [-0.3, -0.25) is 4.79 Å². The van der Waals surface area contributed by atoms with Crippen LogP contribution in [0.1, 0.15) is 37.0 Å². The van der Waals surface area contributed by atoms with E-state index in [2.05, 4.69) is 40.1 Å². The molecular formula is C18H22BrN3O. The fourth-order valence-corrected chi connectivity index (χ4v) is 2.74. The second kappa shape index (κ2) is 8.67. The third kappa shape index (κ3) is 5.06. The Bertz CT molecular complexity index is 637. The summed E-state index contributed by atoms with van der Waals surface area (Å²) in [6, 6.07) is 11.5. The molecule has 1 heterocycles. The zero-order chi connectivity index (χ0) is 16.7. The molecule has 0 aliphatic rings. The number of rotatable bonds is 7. The Labute approximate surface area is 146 Å². The van der Waals surface area contributed by atoms with E-state index in [0.29, 0.717) is 5.56 Å². The van der Waals surface area contributed by atoms with Crippen molar-refractivity contribution in [1.82, 2.24) is 9.88 Å². The molecule has 0 unspecified atom stereocenters. The molecule has 4 nitrogen and oxygen atoms in total. The highest BCUT2D eigenvalue weighted by molar-refractivity contribution is 9.10. The topological polar surface area (TPSA) is 45.2 Å². The number of benzene rings is 1. The first kappa shape index (κ1) is 17.5. The van der Waals surface area contributed by atoms with Gasteiger partial charge in [0.15, 0.2) is 0 Å². The SMILES string of the molecule is CCCN(CCC)C(=O)c1ccc(Nc2cccc(Br)c2)nc1. The Morgan fingerprint density at radius 2 is 1.91 bits per heavy atom. The van der Waals surface area contributed by atoms with Crippen molar-refractivity contribution in [3.8, 4) is 0 Å². The lowest BCUT2D eigenvalue weighted by atomic mass is 10.2. The van der Waals surface area contributed by atoms with Crippen molar-refractivity contribution < 1.29 is 4.79 Å². The number of aromatic nitrogens is 1. The molecule has 0 atom stereocenters. The lowest BCUT2D eigenvalue weighted by Gasteiger charge is -2.21. The summed E-state index contributed by atoms with van der Waals surface area (Å²) in [5.41, 5.74) is 1.58. The average Bonchev–Trinajstić information content (AvgIpc) is 2.55. The molecule has 0 saturated carbocycles. The number of nitrogens with zero attached hydrogens (tertiary/aromatic N) is 2. The van der Waals surface area contributed by atoms with Crippen LogP contribution in [0.4, 0.5) is 11.5 Å². The highest BCUT2D eigenvalue weighted by Crippen LogP contribution is 2.19. The second-order valence-electron chi connectivity index (χ2n) is 5.36. The first-order chi connectivity index (χ1) is 11.1. The Morgan fingerprint density at radius 3 is 2.48 bits per heavy atom. The van der Waals surface area contributed by atoms with E-state index < -0.39 is 0 Å². The highest BCUT2D eigenvalue weighted by atomic mass is 79.9. The minimum absolute atomic E-state index is 0.0511. The summed E-state index contributed by atoms with van der Waals surface area (Å²) >= 11 is 3.44. The van der Waals surface area contributed by atoms with Crippen LogP contribution in [0.25, 0.3) is 0 Å². The van der Waals surface area contributed by atoms with E-state index in [1.54, 1.807) is 6.20 Å². The minimum Gasteiger partial charge on any atom is -0.340 e. The maximum Gasteiger partial charge on any atom is 0.255 e. The maximum absolute atomic E-state index is 12.5.